The fourth-order valence-electron chi connectivity index (χ4n) is 3.20. The maximum Gasteiger partial charge on any atom is 0.231 e. The van der Waals surface area contributed by atoms with Crippen LogP contribution in [0.5, 0.6) is 11.5 Å². The monoisotopic (exact) mass is 346 g/mol. The highest BCUT2D eigenvalue weighted by atomic mass is 35.5. The molecular weight excluding hydrogens is 328 g/mol. The Balaban J connectivity index is 1.41. The number of benzene rings is 1. The third kappa shape index (κ3) is 2.99. The summed E-state index contributed by atoms with van der Waals surface area (Å²) in [5.41, 5.74) is 1.25. The molecule has 3 heterocycles. The first kappa shape index (κ1) is 15.5. The molecule has 126 valence electrons. The van der Waals surface area contributed by atoms with Gasteiger partial charge in [-0.05, 0) is 36.8 Å². The zero-order chi connectivity index (χ0) is 16.5. The van der Waals surface area contributed by atoms with E-state index < -0.39 is 0 Å². The number of aromatic nitrogens is 2. The van der Waals surface area contributed by atoms with Gasteiger partial charge in [-0.15, -0.1) is 10.2 Å². The number of anilines is 1. The molecule has 0 spiro atoms. The van der Waals surface area contributed by atoms with Crippen LogP contribution in [0, 0.1) is 0 Å². The smallest absolute Gasteiger partial charge is 0.231 e. The number of fused-ring (bicyclic) bond motifs is 1. The maximum atomic E-state index is 5.80. The Kier molecular flexibility index (Phi) is 4.16. The SMILES string of the molecule is CC(c1ccc2c(c1)OCO2)N1CCN(c2ccc(Cl)nn2)CC1. The summed E-state index contributed by atoms with van der Waals surface area (Å²) in [6, 6.07) is 10.2. The molecule has 1 atom stereocenters. The summed E-state index contributed by atoms with van der Waals surface area (Å²) in [5, 5.41) is 8.51. The van der Waals surface area contributed by atoms with Gasteiger partial charge in [0, 0.05) is 32.2 Å². The lowest BCUT2D eigenvalue weighted by molar-refractivity contribution is 0.173. The zero-order valence-electron chi connectivity index (χ0n) is 13.5. The van der Waals surface area contributed by atoms with E-state index in [4.69, 9.17) is 21.1 Å². The van der Waals surface area contributed by atoms with Crippen LogP contribution >= 0.6 is 11.6 Å². The quantitative estimate of drug-likeness (QED) is 0.851. The minimum Gasteiger partial charge on any atom is -0.454 e. The lowest BCUT2D eigenvalue weighted by Crippen LogP contribution is -2.47. The van der Waals surface area contributed by atoms with E-state index in [-0.39, 0.29) is 0 Å². The van der Waals surface area contributed by atoms with Crippen LogP contribution < -0.4 is 14.4 Å². The van der Waals surface area contributed by atoms with Crippen LogP contribution in [0.2, 0.25) is 5.15 Å². The highest BCUT2D eigenvalue weighted by Crippen LogP contribution is 2.35. The topological polar surface area (TPSA) is 50.7 Å². The van der Waals surface area contributed by atoms with Crippen LogP contribution in [0.3, 0.4) is 0 Å². The fraction of sp³-hybridized carbons (Fsp3) is 0.412. The molecule has 2 aliphatic rings. The summed E-state index contributed by atoms with van der Waals surface area (Å²) in [6.07, 6.45) is 0. The second-order valence-electron chi connectivity index (χ2n) is 6.03. The Labute approximate surface area is 145 Å². The molecule has 1 unspecified atom stereocenters. The van der Waals surface area contributed by atoms with E-state index in [0.29, 0.717) is 18.0 Å². The van der Waals surface area contributed by atoms with E-state index in [1.54, 1.807) is 6.07 Å². The molecular formula is C17H19ClN4O2. The van der Waals surface area contributed by atoms with Crippen LogP contribution in [0.15, 0.2) is 30.3 Å². The summed E-state index contributed by atoms with van der Waals surface area (Å²) in [7, 11) is 0. The highest BCUT2D eigenvalue weighted by molar-refractivity contribution is 6.29. The second-order valence-corrected chi connectivity index (χ2v) is 6.41. The van der Waals surface area contributed by atoms with Crippen LogP contribution in [0.25, 0.3) is 0 Å². The number of halogens is 1. The average molecular weight is 347 g/mol. The number of rotatable bonds is 3. The molecule has 1 fully saturated rings. The fourth-order valence-corrected chi connectivity index (χ4v) is 3.30. The third-order valence-corrected chi connectivity index (χ3v) is 4.88. The Bertz CT molecular complexity index is 717. The number of hydrogen-bond acceptors (Lipinski definition) is 6. The largest absolute Gasteiger partial charge is 0.454 e. The molecule has 2 aliphatic heterocycles. The normalized spacial score (nSPS) is 18.7. The Morgan fingerprint density at radius 2 is 1.79 bits per heavy atom. The van der Waals surface area contributed by atoms with Gasteiger partial charge in [-0.25, -0.2) is 0 Å². The van der Waals surface area contributed by atoms with Gasteiger partial charge >= 0.3 is 0 Å². The highest BCUT2D eigenvalue weighted by Gasteiger charge is 2.24. The summed E-state index contributed by atoms with van der Waals surface area (Å²) < 4.78 is 10.9. The predicted octanol–water partition coefficient (Wildman–Crippen LogP) is 2.74. The standard InChI is InChI=1S/C17H19ClN4O2/c1-12(13-2-3-14-15(10-13)24-11-23-14)21-6-8-22(9-7-21)17-5-4-16(18)19-20-17/h2-5,10,12H,6-9,11H2,1H3. The summed E-state index contributed by atoms with van der Waals surface area (Å²) in [5.74, 6) is 2.56. The first-order valence-corrected chi connectivity index (χ1v) is 8.46. The van der Waals surface area contributed by atoms with Gasteiger partial charge < -0.3 is 14.4 Å². The molecule has 2 aromatic rings. The molecule has 0 N–H and O–H groups in total. The summed E-state index contributed by atoms with van der Waals surface area (Å²) in [6.45, 7) is 6.33. The van der Waals surface area contributed by atoms with Gasteiger partial charge in [0.2, 0.25) is 6.79 Å². The third-order valence-electron chi connectivity index (χ3n) is 4.68. The van der Waals surface area contributed by atoms with E-state index in [2.05, 4.69) is 39.1 Å². The van der Waals surface area contributed by atoms with Gasteiger partial charge in [0.1, 0.15) is 0 Å². The van der Waals surface area contributed by atoms with E-state index in [9.17, 15) is 0 Å². The van der Waals surface area contributed by atoms with Crippen molar-refractivity contribution in [3.05, 3.63) is 41.0 Å². The van der Waals surface area contributed by atoms with Crippen molar-refractivity contribution < 1.29 is 9.47 Å². The Morgan fingerprint density at radius 1 is 1.00 bits per heavy atom. The number of hydrogen-bond donors (Lipinski definition) is 0. The first-order valence-electron chi connectivity index (χ1n) is 8.08. The summed E-state index contributed by atoms with van der Waals surface area (Å²) in [4.78, 5) is 4.71. The van der Waals surface area contributed by atoms with E-state index in [1.807, 2.05) is 12.1 Å². The van der Waals surface area contributed by atoms with Crippen LogP contribution in [0.4, 0.5) is 5.82 Å². The summed E-state index contributed by atoms with van der Waals surface area (Å²) >= 11 is 5.80. The predicted molar refractivity (Wildman–Crippen MR) is 91.8 cm³/mol. The molecule has 0 aliphatic carbocycles. The average Bonchev–Trinajstić information content (AvgIpc) is 3.09. The van der Waals surface area contributed by atoms with Crippen molar-refractivity contribution in [3.8, 4) is 11.5 Å². The van der Waals surface area contributed by atoms with Gasteiger partial charge in [0.25, 0.3) is 0 Å². The first-order chi connectivity index (χ1) is 11.7. The number of nitrogens with zero attached hydrogens (tertiary/aromatic N) is 4. The second kappa shape index (κ2) is 6.45. The van der Waals surface area contributed by atoms with E-state index in [0.717, 1.165) is 43.5 Å². The van der Waals surface area contributed by atoms with Gasteiger partial charge in [0.05, 0.1) is 0 Å². The zero-order valence-corrected chi connectivity index (χ0v) is 14.2. The van der Waals surface area contributed by atoms with E-state index in [1.165, 1.54) is 5.56 Å². The molecule has 0 bridgehead atoms. The van der Waals surface area contributed by atoms with Crippen molar-refractivity contribution in [1.82, 2.24) is 15.1 Å². The molecule has 0 amide bonds. The van der Waals surface area contributed by atoms with Crippen molar-refractivity contribution in [2.24, 2.45) is 0 Å². The van der Waals surface area contributed by atoms with Crippen molar-refractivity contribution in [3.63, 3.8) is 0 Å². The molecule has 0 radical (unpaired) electrons. The van der Waals surface area contributed by atoms with E-state index >= 15 is 0 Å². The molecule has 24 heavy (non-hydrogen) atoms. The molecule has 1 aromatic carbocycles. The molecule has 7 heteroatoms. The molecule has 0 saturated carbocycles. The van der Waals surface area contributed by atoms with Crippen molar-refractivity contribution in [1.29, 1.82) is 0 Å². The minimum absolute atomic E-state index is 0.313. The van der Waals surface area contributed by atoms with Gasteiger partial charge in [-0.1, -0.05) is 17.7 Å². The molecule has 6 nitrogen and oxygen atoms in total. The molecule has 4 rings (SSSR count). The van der Waals surface area contributed by atoms with Crippen LogP contribution in [-0.2, 0) is 0 Å². The van der Waals surface area contributed by atoms with Crippen molar-refractivity contribution >= 4 is 17.4 Å². The lowest BCUT2D eigenvalue weighted by Gasteiger charge is -2.38. The number of ether oxygens (including phenoxy) is 2. The Morgan fingerprint density at radius 3 is 2.54 bits per heavy atom. The van der Waals surface area contributed by atoms with Crippen LogP contribution in [-0.4, -0.2) is 48.1 Å². The van der Waals surface area contributed by atoms with Gasteiger partial charge in [-0.3, -0.25) is 4.90 Å². The van der Waals surface area contributed by atoms with Crippen molar-refractivity contribution in [2.75, 3.05) is 37.9 Å². The van der Waals surface area contributed by atoms with Gasteiger partial charge in [0.15, 0.2) is 22.5 Å². The molecule has 1 aromatic heterocycles. The maximum absolute atomic E-state index is 5.80. The Hall–Kier alpha value is -2.05. The number of piperazine rings is 1. The van der Waals surface area contributed by atoms with Crippen LogP contribution in [0.1, 0.15) is 18.5 Å². The van der Waals surface area contributed by atoms with Gasteiger partial charge in [-0.2, -0.15) is 0 Å². The lowest BCUT2D eigenvalue weighted by atomic mass is 10.1. The molecule has 1 saturated heterocycles. The van der Waals surface area contributed by atoms with Crippen molar-refractivity contribution in [2.45, 2.75) is 13.0 Å². The minimum atomic E-state index is 0.313.